The molecule has 1 aliphatic heterocycles. The second-order valence-corrected chi connectivity index (χ2v) is 9.95. The molecule has 8 nitrogen and oxygen atoms in total. The largest absolute Gasteiger partial charge is 0.416 e. The van der Waals surface area contributed by atoms with E-state index in [2.05, 4.69) is 10.3 Å². The molecular formula is C22H21F3N4O4S. The molecule has 34 heavy (non-hydrogen) atoms. The maximum absolute atomic E-state index is 13.1. The number of amides is 1. The molecule has 0 spiro atoms. The van der Waals surface area contributed by atoms with Crippen LogP contribution in [0, 0.1) is 0 Å². The second kappa shape index (κ2) is 8.53. The molecule has 2 N–H and O–H groups in total. The third-order valence-corrected chi connectivity index (χ3v) is 7.42. The summed E-state index contributed by atoms with van der Waals surface area (Å²) in [6, 6.07) is 10.8. The third-order valence-electron chi connectivity index (χ3n) is 5.72. The van der Waals surface area contributed by atoms with Crippen molar-refractivity contribution >= 4 is 15.9 Å². The van der Waals surface area contributed by atoms with Crippen LogP contribution in [0.4, 0.5) is 13.2 Å². The number of nitrogens with one attached hydrogen (secondary N) is 1. The number of halogens is 3. The normalized spacial score (nSPS) is 21.5. The Morgan fingerprint density at radius 1 is 1.15 bits per heavy atom. The zero-order chi connectivity index (χ0) is 24.7. The van der Waals surface area contributed by atoms with Crippen LogP contribution in [0.25, 0.3) is 0 Å². The van der Waals surface area contributed by atoms with Gasteiger partial charge in [-0.25, -0.2) is 13.4 Å². The molecule has 1 fully saturated rings. The molecule has 3 aromatic rings. The van der Waals surface area contributed by atoms with E-state index in [1.807, 2.05) is 0 Å². The molecule has 1 aliphatic rings. The summed E-state index contributed by atoms with van der Waals surface area (Å²) in [7, 11) is -2.47. The molecule has 2 aromatic carbocycles. The number of nitrogens with zero attached hydrogens (tertiary/aromatic N) is 3. The summed E-state index contributed by atoms with van der Waals surface area (Å²) >= 11 is 0. The molecule has 2 atom stereocenters. The molecule has 2 heterocycles. The highest BCUT2D eigenvalue weighted by molar-refractivity contribution is 7.89. The zero-order valence-electron chi connectivity index (χ0n) is 17.9. The van der Waals surface area contributed by atoms with E-state index in [0.717, 1.165) is 28.6 Å². The first-order valence-electron chi connectivity index (χ1n) is 10.2. The van der Waals surface area contributed by atoms with E-state index >= 15 is 0 Å². The number of sulfonamides is 1. The lowest BCUT2D eigenvalue weighted by molar-refractivity contribution is -0.137. The highest BCUT2D eigenvalue weighted by atomic mass is 32.2. The Balaban J connectivity index is 1.64. The van der Waals surface area contributed by atoms with Crippen LogP contribution >= 0.6 is 0 Å². The lowest BCUT2D eigenvalue weighted by Crippen LogP contribution is -2.49. The van der Waals surface area contributed by atoms with E-state index < -0.39 is 39.3 Å². The van der Waals surface area contributed by atoms with Gasteiger partial charge in [-0.1, -0.05) is 30.3 Å². The van der Waals surface area contributed by atoms with Crippen LogP contribution in [0.2, 0.25) is 0 Å². The van der Waals surface area contributed by atoms with Crippen molar-refractivity contribution in [3.8, 4) is 0 Å². The van der Waals surface area contributed by atoms with E-state index in [4.69, 9.17) is 0 Å². The molecule has 1 aromatic heterocycles. The van der Waals surface area contributed by atoms with Crippen LogP contribution in [-0.4, -0.2) is 52.4 Å². The van der Waals surface area contributed by atoms with Crippen molar-refractivity contribution in [3.05, 3.63) is 83.8 Å². The van der Waals surface area contributed by atoms with Crippen LogP contribution in [0.3, 0.4) is 0 Å². The van der Waals surface area contributed by atoms with Gasteiger partial charge in [0.15, 0.2) is 5.03 Å². The number of carbonyl (C=O) groups excluding carboxylic acids is 1. The maximum atomic E-state index is 13.1. The van der Waals surface area contributed by atoms with Crippen LogP contribution in [0.5, 0.6) is 0 Å². The summed E-state index contributed by atoms with van der Waals surface area (Å²) in [5.74, 6) is -0.745. The molecule has 0 unspecified atom stereocenters. The van der Waals surface area contributed by atoms with Crippen LogP contribution < -0.4 is 5.32 Å². The van der Waals surface area contributed by atoms with Crippen molar-refractivity contribution in [1.82, 2.24) is 19.2 Å². The Morgan fingerprint density at radius 2 is 1.79 bits per heavy atom. The monoisotopic (exact) mass is 494 g/mol. The predicted octanol–water partition coefficient (Wildman–Crippen LogP) is 2.13. The summed E-state index contributed by atoms with van der Waals surface area (Å²) in [5.41, 5.74) is -2.37. The Hall–Kier alpha value is -3.22. The number of β-amino-alcohol motifs (C(OH)–C–C–N with tert-alkyl or cyclic N) is 1. The topological polar surface area (TPSA) is 105 Å². The number of aryl methyl sites for hydroxylation is 1. The SMILES string of the molecule is Cn1cnc(S(=O)(=O)N2C[C@H](NC(=O)c3ccc(C(F)(F)F)cc3)[C@@](O)(c3ccccc3)C2)c1. The first-order chi connectivity index (χ1) is 15.9. The van der Waals surface area contributed by atoms with Crippen molar-refractivity contribution in [2.75, 3.05) is 13.1 Å². The van der Waals surface area contributed by atoms with Crippen molar-refractivity contribution in [1.29, 1.82) is 0 Å². The molecule has 1 amide bonds. The van der Waals surface area contributed by atoms with Crippen LogP contribution in [0.1, 0.15) is 21.5 Å². The minimum atomic E-state index is -4.55. The average molecular weight is 494 g/mol. The summed E-state index contributed by atoms with van der Waals surface area (Å²) in [6.45, 7) is -0.620. The van der Waals surface area contributed by atoms with Gasteiger partial charge < -0.3 is 15.0 Å². The van der Waals surface area contributed by atoms with E-state index in [9.17, 15) is 31.5 Å². The number of hydrogen-bond acceptors (Lipinski definition) is 5. The second-order valence-electron chi connectivity index (χ2n) is 8.07. The molecule has 12 heteroatoms. The maximum Gasteiger partial charge on any atom is 0.416 e. The fourth-order valence-electron chi connectivity index (χ4n) is 3.87. The van der Waals surface area contributed by atoms with Crippen molar-refractivity contribution in [2.24, 2.45) is 7.05 Å². The standard InChI is InChI=1S/C22H21F3N4O4S/c1-28-12-19(26-14-28)34(32,33)29-11-18(21(31,13-29)16-5-3-2-4-6-16)27-20(30)15-7-9-17(10-8-15)22(23,24)25/h2-10,12,14,18,31H,11,13H2,1H3,(H,27,30)/t18-,21-/m0/s1. The van der Waals surface area contributed by atoms with Gasteiger partial charge in [-0.2, -0.15) is 17.5 Å². The van der Waals surface area contributed by atoms with Gasteiger partial charge in [0, 0.05) is 31.9 Å². The Labute approximate surface area is 193 Å². The first-order valence-corrected chi connectivity index (χ1v) is 11.6. The zero-order valence-corrected chi connectivity index (χ0v) is 18.7. The highest BCUT2D eigenvalue weighted by Gasteiger charge is 2.51. The summed E-state index contributed by atoms with van der Waals surface area (Å²) in [6.07, 6.45) is -1.89. The van der Waals surface area contributed by atoms with Gasteiger partial charge in [0.05, 0.1) is 17.9 Å². The highest BCUT2D eigenvalue weighted by Crippen LogP contribution is 2.35. The number of rotatable bonds is 5. The van der Waals surface area contributed by atoms with Crippen molar-refractivity contribution < 1.29 is 31.5 Å². The number of aromatic nitrogens is 2. The number of aliphatic hydroxyl groups is 1. The van der Waals surface area contributed by atoms with Gasteiger partial charge in [-0.05, 0) is 29.8 Å². The average Bonchev–Trinajstić information content (AvgIpc) is 3.39. The number of benzene rings is 2. The smallest absolute Gasteiger partial charge is 0.382 e. The van der Waals surface area contributed by atoms with Gasteiger partial charge in [0.2, 0.25) is 0 Å². The Kier molecular flexibility index (Phi) is 6.00. The number of alkyl halides is 3. The van der Waals surface area contributed by atoms with Crippen molar-refractivity contribution in [2.45, 2.75) is 22.8 Å². The predicted molar refractivity (Wildman–Crippen MR) is 115 cm³/mol. The molecule has 1 saturated heterocycles. The van der Waals surface area contributed by atoms with Gasteiger partial charge in [-0.3, -0.25) is 4.79 Å². The van der Waals surface area contributed by atoms with E-state index in [1.54, 1.807) is 37.4 Å². The molecule has 0 saturated carbocycles. The quantitative estimate of drug-likeness (QED) is 0.566. The number of hydrogen-bond donors (Lipinski definition) is 2. The van der Waals surface area contributed by atoms with E-state index in [-0.39, 0.29) is 23.7 Å². The Morgan fingerprint density at radius 3 is 2.35 bits per heavy atom. The summed E-state index contributed by atoms with van der Waals surface area (Å²) in [5, 5.41) is 14.0. The van der Waals surface area contributed by atoms with E-state index in [0.29, 0.717) is 5.56 Å². The lowest BCUT2D eigenvalue weighted by atomic mass is 9.89. The lowest BCUT2D eigenvalue weighted by Gasteiger charge is -2.30. The molecule has 0 radical (unpaired) electrons. The van der Waals surface area contributed by atoms with Crippen LogP contribution in [-0.2, 0) is 28.8 Å². The molecular weight excluding hydrogens is 473 g/mol. The third kappa shape index (κ3) is 4.43. The molecule has 180 valence electrons. The minimum absolute atomic E-state index is 0.0607. The van der Waals surface area contributed by atoms with Gasteiger partial charge in [-0.15, -0.1) is 0 Å². The van der Waals surface area contributed by atoms with Crippen molar-refractivity contribution in [3.63, 3.8) is 0 Å². The fraction of sp³-hybridized carbons (Fsp3) is 0.273. The van der Waals surface area contributed by atoms with Gasteiger partial charge in [0.25, 0.3) is 15.9 Å². The van der Waals surface area contributed by atoms with Crippen LogP contribution in [0.15, 0.2) is 72.1 Å². The summed E-state index contributed by atoms with van der Waals surface area (Å²) < 4.78 is 67.2. The number of carbonyl (C=O) groups is 1. The van der Waals surface area contributed by atoms with Gasteiger partial charge >= 0.3 is 6.18 Å². The minimum Gasteiger partial charge on any atom is -0.382 e. The molecule has 4 rings (SSSR count). The van der Waals surface area contributed by atoms with E-state index in [1.165, 1.54) is 17.1 Å². The summed E-state index contributed by atoms with van der Waals surface area (Å²) in [4.78, 5) is 16.7. The first kappa shape index (κ1) is 23.9. The van der Waals surface area contributed by atoms with Gasteiger partial charge in [0.1, 0.15) is 5.60 Å². The molecule has 0 aliphatic carbocycles. The molecule has 0 bridgehead atoms. The number of imidazole rings is 1. The fourth-order valence-corrected chi connectivity index (χ4v) is 5.33. The Bertz CT molecular complexity index is 1290.